The molecule has 1 fully saturated rings. The van der Waals surface area contributed by atoms with Gasteiger partial charge < -0.3 is 19.8 Å². The Labute approximate surface area is 243 Å². The predicted octanol–water partition coefficient (Wildman–Crippen LogP) is 5.39. The van der Waals surface area contributed by atoms with E-state index in [0.717, 1.165) is 58.6 Å². The van der Waals surface area contributed by atoms with Crippen LogP contribution in [-0.2, 0) is 7.05 Å². The SMILES string of the molecule is Cc1cc(F)ccc1Nc1nc2ccc3c(C)c(C=CCN4CCN(C(=O)c5ccccc5)CC4)[nH]c(=O)c3c2n1C. The average molecular weight is 565 g/mol. The van der Waals surface area contributed by atoms with Crippen molar-refractivity contribution in [3.63, 3.8) is 0 Å². The van der Waals surface area contributed by atoms with Crippen molar-refractivity contribution in [1.29, 1.82) is 0 Å². The van der Waals surface area contributed by atoms with Crippen LogP contribution >= 0.6 is 0 Å². The summed E-state index contributed by atoms with van der Waals surface area (Å²) in [6.07, 6.45) is 4.03. The third kappa shape index (κ3) is 5.19. The number of benzene rings is 3. The molecule has 0 unspecified atom stereocenters. The molecule has 214 valence electrons. The lowest BCUT2D eigenvalue weighted by Crippen LogP contribution is -2.48. The molecule has 2 aromatic heterocycles. The Morgan fingerprint density at radius 3 is 2.55 bits per heavy atom. The van der Waals surface area contributed by atoms with Gasteiger partial charge in [0.2, 0.25) is 5.95 Å². The second-order valence-corrected chi connectivity index (χ2v) is 10.8. The summed E-state index contributed by atoms with van der Waals surface area (Å²) in [6.45, 7) is 7.53. The smallest absolute Gasteiger partial charge is 0.258 e. The minimum absolute atomic E-state index is 0.0751. The molecular formula is C33H33FN6O2. The second-order valence-electron chi connectivity index (χ2n) is 10.8. The van der Waals surface area contributed by atoms with E-state index >= 15 is 0 Å². The van der Waals surface area contributed by atoms with Gasteiger partial charge in [0, 0.05) is 56.7 Å². The Kier molecular flexibility index (Phi) is 7.34. The third-order valence-corrected chi connectivity index (χ3v) is 8.08. The largest absolute Gasteiger partial charge is 0.336 e. The van der Waals surface area contributed by atoms with Gasteiger partial charge in [0.25, 0.3) is 11.5 Å². The van der Waals surface area contributed by atoms with E-state index in [0.29, 0.717) is 29.9 Å². The van der Waals surface area contributed by atoms with Gasteiger partial charge in [0.1, 0.15) is 5.82 Å². The van der Waals surface area contributed by atoms with Gasteiger partial charge in [0.05, 0.1) is 16.4 Å². The summed E-state index contributed by atoms with van der Waals surface area (Å²) in [5.41, 5.74) is 5.24. The van der Waals surface area contributed by atoms with Crippen LogP contribution in [0.3, 0.4) is 0 Å². The molecule has 1 aliphatic rings. The van der Waals surface area contributed by atoms with Crippen molar-refractivity contribution >= 4 is 45.4 Å². The van der Waals surface area contributed by atoms with Gasteiger partial charge in [-0.15, -0.1) is 0 Å². The van der Waals surface area contributed by atoms with Crippen molar-refractivity contribution in [3.8, 4) is 0 Å². The Hall–Kier alpha value is -4.76. The van der Waals surface area contributed by atoms with Crippen molar-refractivity contribution in [3.05, 3.63) is 105 Å². The number of hydrogen-bond acceptors (Lipinski definition) is 5. The monoisotopic (exact) mass is 564 g/mol. The first-order valence-electron chi connectivity index (χ1n) is 14.1. The number of carbonyl (C=O) groups is 1. The van der Waals surface area contributed by atoms with Crippen molar-refractivity contribution < 1.29 is 9.18 Å². The molecular weight excluding hydrogens is 531 g/mol. The van der Waals surface area contributed by atoms with Crippen LogP contribution in [0.4, 0.5) is 16.0 Å². The number of rotatable bonds is 6. The second kappa shape index (κ2) is 11.3. The van der Waals surface area contributed by atoms with E-state index in [1.54, 1.807) is 6.07 Å². The lowest BCUT2D eigenvalue weighted by molar-refractivity contribution is 0.0650. The van der Waals surface area contributed by atoms with Gasteiger partial charge >= 0.3 is 0 Å². The molecule has 0 spiro atoms. The minimum atomic E-state index is -0.293. The summed E-state index contributed by atoms with van der Waals surface area (Å²) in [7, 11) is 1.87. The fourth-order valence-electron chi connectivity index (χ4n) is 5.65. The number of amides is 1. The third-order valence-electron chi connectivity index (χ3n) is 8.08. The molecule has 5 aromatic rings. The van der Waals surface area contributed by atoms with Gasteiger partial charge in [0.15, 0.2) is 0 Å². The van der Waals surface area contributed by atoms with E-state index in [1.807, 2.05) is 78.9 Å². The first-order chi connectivity index (χ1) is 20.3. The highest BCUT2D eigenvalue weighted by Gasteiger charge is 2.21. The number of imidazole rings is 1. The molecule has 0 aliphatic carbocycles. The molecule has 9 heteroatoms. The van der Waals surface area contributed by atoms with Gasteiger partial charge in [-0.05, 0) is 72.8 Å². The molecule has 6 rings (SSSR count). The molecule has 3 aromatic carbocycles. The van der Waals surface area contributed by atoms with E-state index in [-0.39, 0.29) is 17.3 Å². The van der Waals surface area contributed by atoms with E-state index in [1.165, 1.54) is 12.1 Å². The molecule has 3 heterocycles. The zero-order chi connectivity index (χ0) is 29.4. The number of halogens is 1. The standard InChI is InChI=1S/C33H33FN6O2/c1-21-20-24(34)11-13-26(21)36-33-37-28-14-12-25-22(2)27(35-31(41)29(25)30(28)38(33)3)10-7-15-39-16-18-40(19-17-39)32(42)23-8-5-4-6-9-23/h4-14,20H,15-19H2,1-3H3,(H,35,41)(H,36,37). The van der Waals surface area contributed by atoms with Crippen LogP contribution in [0.2, 0.25) is 0 Å². The van der Waals surface area contributed by atoms with Gasteiger partial charge in [-0.2, -0.15) is 0 Å². The Morgan fingerprint density at radius 2 is 1.81 bits per heavy atom. The van der Waals surface area contributed by atoms with Gasteiger partial charge in [-0.1, -0.05) is 30.3 Å². The highest BCUT2D eigenvalue weighted by molar-refractivity contribution is 6.06. The Morgan fingerprint density at radius 1 is 1.05 bits per heavy atom. The van der Waals surface area contributed by atoms with Crippen LogP contribution in [-0.4, -0.2) is 63.0 Å². The zero-order valence-electron chi connectivity index (χ0n) is 23.9. The van der Waals surface area contributed by atoms with Crippen LogP contribution < -0.4 is 10.9 Å². The number of carbonyl (C=O) groups excluding carboxylic acids is 1. The maximum atomic E-state index is 13.6. The number of aryl methyl sites for hydroxylation is 3. The van der Waals surface area contributed by atoms with E-state index in [2.05, 4.69) is 21.3 Å². The number of hydrogen-bond donors (Lipinski definition) is 2. The van der Waals surface area contributed by atoms with Crippen molar-refractivity contribution in [1.82, 2.24) is 24.3 Å². The van der Waals surface area contributed by atoms with E-state index in [9.17, 15) is 14.0 Å². The zero-order valence-corrected chi connectivity index (χ0v) is 23.9. The fraction of sp³-hybridized carbons (Fsp3) is 0.242. The van der Waals surface area contributed by atoms with E-state index < -0.39 is 0 Å². The summed E-state index contributed by atoms with van der Waals surface area (Å²) in [5.74, 6) is 0.351. The van der Waals surface area contributed by atoms with Crippen molar-refractivity contribution in [2.24, 2.45) is 7.05 Å². The van der Waals surface area contributed by atoms with Crippen molar-refractivity contribution in [2.75, 3.05) is 38.0 Å². The van der Waals surface area contributed by atoms with E-state index in [4.69, 9.17) is 4.98 Å². The predicted molar refractivity (Wildman–Crippen MR) is 166 cm³/mol. The molecule has 1 aliphatic heterocycles. The molecule has 1 saturated heterocycles. The molecule has 1 amide bonds. The highest BCUT2D eigenvalue weighted by Crippen LogP contribution is 2.30. The summed E-state index contributed by atoms with van der Waals surface area (Å²) in [6, 6.07) is 17.8. The number of aromatic amines is 1. The summed E-state index contributed by atoms with van der Waals surface area (Å²) >= 11 is 0. The van der Waals surface area contributed by atoms with Crippen LogP contribution in [0.25, 0.3) is 27.9 Å². The number of nitrogens with zero attached hydrogens (tertiary/aromatic N) is 4. The number of pyridine rings is 1. The Bertz CT molecular complexity index is 1880. The van der Waals surface area contributed by atoms with Crippen LogP contribution in [0.15, 0.2) is 71.5 Å². The number of fused-ring (bicyclic) bond motifs is 3. The van der Waals surface area contributed by atoms with Crippen LogP contribution in [0, 0.1) is 19.7 Å². The van der Waals surface area contributed by atoms with Crippen LogP contribution in [0.1, 0.15) is 27.2 Å². The van der Waals surface area contributed by atoms with Gasteiger partial charge in [-0.3, -0.25) is 14.5 Å². The number of nitrogens with one attached hydrogen (secondary N) is 2. The molecule has 8 nitrogen and oxygen atoms in total. The van der Waals surface area contributed by atoms with Crippen LogP contribution in [0.5, 0.6) is 0 Å². The first kappa shape index (κ1) is 27.4. The Balaban J connectivity index is 1.19. The lowest BCUT2D eigenvalue weighted by Gasteiger charge is -2.34. The molecule has 0 bridgehead atoms. The fourth-order valence-corrected chi connectivity index (χ4v) is 5.65. The summed E-state index contributed by atoms with van der Waals surface area (Å²) in [5, 5.41) is 4.73. The number of anilines is 2. The average Bonchev–Trinajstić information content (AvgIpc) is 3.32. The molecule has 42 heavy (non-hydrogen) atoms. The number of piperazine rings is 1. The van der Waals surface area contributed by atoms with Crippen molar-refractivity contribution in [2.45, 2.75) is 13.8 Å². The quantitative estimate of drug-likeness (QED) is 0.289. The highest BCUT2D eigenvalue weighted by atomic mass is 19.1. The normalized spacial score (nSPS) is 14.3. The summed E-state index contributed by atoms with van der Waals surface area (Å²) < 4.78 is 15.4. The first-order valence-corrected chi connectivity index (χ1v) is 14.1. The van der Waals surface area contributed by atoms with Gasteiger partial charge in [-0.25, -0.2) is 9.37 Å². The lowest BCUT2D eigenvalue weighted by atomic mass is 10.0. The molecule has 0 atom stereocenters. The maximum absolute atomic E-state index is 13.6. The number of H-pyrrole nitrogens is 1. The minimum Gasteiger partial charge on any atom is -0.336 e. The molecule has 2 N–H and O–H groups in total. The topological polar surface area (TPSA) is 86.3 Å². The molecule has 0 radical (unpaired) electrons. The maximum Gasteiger partial charge on any atom is 0.258 e. The summed E-state index contributed by atoms with van der Waals surface area (Å²) in [4.78, 5) is 38.1. The number of aromatic nitrogens is 3. The molecule has 0 saturated carbocycles.